The fourth-order valence-corrected chi connectivity index (χ4v) is 1.76. The molecular formula is C14H18N2O. The van der Waals surface area contributed by atoms with Crippen molar-refractivity contribution in [3.8, 4) is 5.88 Å². The summed E-state index contributed by atoms with van der Waals surface area (Å²) in [5.74, 6) is 0.723. The molecule has 1 aromatic heterocycles. The Morgan fingerprint density at radius 2 is 1.94 bits per heavy atom. The Morgan fingerprint density at radius 1 is 1.24 bits per heavy atom. The van der Waals surface area contributed by atoms with E-state index in [1.54, 1.807) is 0 Å². The smallest absolute Gasteiger partial charge is 0.236 e. The highest BCUT2D eigenvalue weighted by Crippen LogP contribution is 2.23. The molecular weight excluding hydrogens is 212 g/mol. The third-order valence-corrected chi connectivity index (χ3v) is 2.61. The summed E-state index contributed by atoms with van der Waals surface area (Å²) in [4.78, 5) is 0. The summed E-state index contributed by atoms with van der Waals surface area (Å²) in [6.07, 6.45) is 0.998. The van der Waals surface area contributed by atoms with Crippen LogP contribution in [0.4, 0.5) is 0 Å². The van der Waals surface area contributed by atoms with Gasteiger partial charge >= 0.3 is 0 Å². The van der Waals surface area contributed by atoms with E-state index in [2.05, 4.69) is 22.3 Å². The molecule has 0 aliphatic heterocycles. The minimum Gasteiger partial charge on any atom is -0.474 e. The van der Waals surface area contributed by atoms with E-state index in [9.17, 15) is 0 Å². The van der Waals surface area contributed by atoms with Gasteiger partial charge in [0.2, 0.25) is 5.88 Å². The standard InChI is InChI=1S/C14H18N2O/c1-10(2)17-14-13(11(3)15-16-14)9-12-7-5-4-6-8-12/h4-8,10H,9H2,1-3H3,(H,15,16). The van der Waals surface area contributed by atoms with Crippen LogP contribution in [0.25, 0.3) is 0 Å². The lowest BCUT2D eigenvalue weighted by molar-refractivity contribution is 0.230. The third kappa shape index (κ3) is 2.87. The first-order valence-corrected chi connectivity index (χ1v) is 5.91. The molecule has 0 unspecified atom stereocenters. The minimum absolute atomic E-state index is 0.146. The fraction of sp³-hybridized carbons (Fsp3) is 0.357. The quantitative estimate of drug-likeness (QED) is 0.876. The average molecular weight is 230 g/mol. The van der Waals surface area contributed by atoms with Crippen molar-refractivity contribution in [3.63, 3.8) is 0 Å². The second-order valence-electron chi connectivity index (χ2n) is 4.46. The molecule has 0 radical (unpaired) electrons. The van der Waals surface area contributed by atoms with Gasteiger partial charge in [0.05, 0.1) is 6.10 Å². The number of aryl methyl sites for hydroxylation is 1. The van der Waals surface area contributed by atoms with Crippen LogP contribution in [0, 0.1) is 6.92 Å². The Morgan fingerprint density at radius 3 is 2.59 bits per heavy atom. The molecule has 2 rings (SSSR count). The second kappa shape index (κ2) is 5.04. The average Bonchev–Trinajstić information content (AvgIpc) is 2.62. The molecule has 0 atom stereocenters. The number of H-pyrrole nitrogens is 1. The predicted octanol–water partition coefficient (Wildman–Crippen LogP) is 3.10. The molecule has 0 fully saturated rings. The van der Waals surface area contributed by atoms with Crippen molar-refractivity contribution in [2.45, 2.75) is 33.3 Å². The topological polar surface area (TPSA) is 37.9 Å². The van der Waals surface area contributed by atoms with E-state index in [4.69, 9.17) is 4.74 Å². The van der Waals surface area contributed by atoms with Crippen LogP contribution in [0.3, 0.4) is 0 Å². The van der Waals surface area contributed by atoms with Crippen LogP contribution in [0.15, 0.2) is 30.3 Å². The van der Waals surface area contributed by atoms with Crippen LogP contribution in [0.1, 0.15) is 30.7 Å². The van der Waals surface area contributed by atoms with Gasteiger partial charge in [-0.15, -0.1) is 5.10 Å². The molecule has 0 bridgehead atoms. The maximum atomic E-state index is 5.70. The summed E-state index contributed by atoms with van der Waals surface area (Å²) < 4.78 is 5.70. The van der Waals surface area contributed by atoms with Gasteiger partial charge in [0.25, 0.3) is 0 Å². The first-order valence-electron chi connectivity index (χ1n) is 5.91. The lowest BCUT2D eigenvalue weighted by Gasteiger charge is -2.09. The zero-order valence-corrected chi connectivity index (χ0v) is 10.5. The number of hydrogen-bond donors (Lipinski definition) is 1. The van der Waals surface area contributed by atoms with Gasteiger partial charge < -0.3 is 4.74 Å². The third-order valence-electron chi connectivity index (χ3n) is 2.61. The van der Waals surface area contributed by atoms with Crippen molar-refractivity contribution < 1.29 is 4.74 Å². The molecule has 0 amide bonds. The maximum Gasteiger partial charge on any atom is 0.236 e. The Kier molecular flexibility index (Phi) is 3.47. The fourth-order valence-electron chi connectivity index (χ4n) is 1.76. The van der Waals surface area contributed by atoms with Gasteiger partial charge in [-0.2, -0.15) is 0 Å². The molecule has 0 saturated heterocycles. The monoisotopic (exact) mass is 230 g/mol. The Bertz CT molecular complexity index is 474. The Balaban J connectivity index is 2.23. The van der Waals surface area contributed by atoms with Gasteiger partial charge in [0.1, 0.15) is 0 Å². The van der Waals surface area contributed by atoms with Gasteiger partial charge in [-0.1, -0.05) is 30.3 Å². The van der Waals surface area contributed by atoms with E-state index in [0.29, 0.717) is 0 Å². The van der Waals surface area contributed by atoms with Crippen LogP contribution in [0.2, 0.25) is 0 Å². The van der Waals surface area contributed by atoms with Gasteiger partial charge in [-0.3, -0.25) is 5.10 Å². The highest BCUT2D eigenvalue weighted by molar-refractivity contribution is 5.35. The highest BCUT2D eigenvalue weighted by Gasteiger charge is 2.13. The predicted molar refractivity (Wildman–Crippen MR) is 68.3 cm³/mol. The van der Waals surface area contributed by atoms with E-state index in [-0.39, 0.29) is 6.10 Å². The first-order chi connectivity index (χ1) is 8.16. The molecule has 0 saturated carbocycles. The number of nitrogens with one attached hydrogen (secondary N) is 1. The van der Waals surface area contributed by atoms with E-state index in [1.165, 1.54) is 5.56 Å². The van der Waals surface area contributed by atoms with Crippen LogP contribution in [-0.4, -0.2) is 16.3 Å². The summed E-state index contributed by atoms with van der Waals surface area (Å²) in [7, 11) is 0. The van der Waals surface area contributed by atoms with E-state index < -0.39 is 0 Å². The molecule has 0 spiro atoms. The second-order valence-corrected chi connectivity index (χ2v) is 4.46. The summed E-state index contributed by atoms with van der Waals surface area (Å²) in [6, 6.07) is 10.4. The van der Waals surface area contributed by atoms with Crippen molar-refractivity contribution >= 4 is 0 Å². The number of rotatable bonds is 4. The Hall–Kier alpha value is -1.77. The molecule has 1 N–H and O–H groups in total. The van der Waals surface area contributed by atoms with E-state index >= 15 is 0 Å². The molecule has 3 nitrogen and oxygen atoms in total. The zero-order valence-electron chi connectivity index (χ0n) is 10.5. The van der Waals surface area contributed by atoms with E-state index in [0.717, 1.165) is 23.6 Å². The lowest BCUT2D eigenvalue weighted by atomic mass is 10.1. The normalized spacial score (nSPS) is 10.8. The zero-order chi connectivity index (χ0) is 12.3. The summed E-state index contributed by atoms with van der Waals surface area (Å²) >= 11 is 0. The molecule has 17 heavy (non-hydrogen) atoms. The van der Waals surface area contributed by atoms with Gasteiger partial charge in [-0.25, -0.2) is 0 Å². The molecule has 0 aliphatic carbocycles. The van der Waals surface area contributed by atoms with Crippen molar-refractivity contribution in [2.24, 2.45) is 0 Å². The Labute approximate surface area is 102 Å². The SMILES string of the molecule is Cc1[nH]nc(OC(C)C)c1Cc1ccccc1. The lowest BCUT2D eigenvalue weighted by Crippen LogP contribution is -2.07. The van der Waals surface area contributed by atoms with E-state index in [1.807, 2.05) is 39.0 Å². The molecule has 90 valence electrons. The summed E-state index contributed by atoms with van der Waals surface area (Å²) in [5.41, 5.74) is 3.49. The van der Waals surface area contributed by atoms with Crippen molar-refractivity contribution in [3.05, 3.63) is 47.2 Å². The number of hydrogen-bond acceptors (Lipinski definition) is 2. The minimum atomic E-state index is 0.146. The number of nitrogens with zero attached hydrogens (tertiary/aromatic N) is 1. The van der Waals surface area contributed by atoms with Crippen LogP contribution in [-0.2, 0) is 6.42 Å². The van der Waals surface area contributed by atoms with Crippen LogP contribution < -0.4 is 4.74 Å². The molecule has 3 heteroatoms. The molecule has 1 heterocycles. The summed E-state index contributed by atoms with van der Waals surface area (Å²) in [6.45, 7) is 6.05. The molecule has 2 aromatic rings. The van der Waals surface area contributed by atoms with Crippen molar-refractivity contribution in [1.82, 2.24) is 10.2 Å². The van der Waals surface area contributed by atoms with Gasteiger partial charge in [0, 0.05) is 17.7 Å². The number of benzene rings is 1. The molecule has 1 aromatic carbocycles. The number of ether oxygens (including phenoxy) is 1. The van der Waals surface area contributed by atoms with Gasteiger partial charge in [0.15, 0.2) is 0 Å². The van der Waals surface area contributed by atoms with Gasteiger partial charge in [-0.05, 0) is 26.3 Å². The highest BCUT2D eigenvalue weighted by atomic mass is 16.5. The van der Waals surface area contributed by atoms with Crippen molar-refractivity contribution in [2.75, 3.05) is 0 Å². The number of aromatic amines is 1. The summed E-state index contributed by atoms with van der Waals surface area (Å²) in [5, 5.41) is 7.19. The van der Waals surface area contributed by atoms with Crippen LogP contribution >= 0.6 is 0 Å². The van der Waals surface area contributed by atoms with Crippen molar-refractivity contribution in [1.29, 1.82) is 0 Å². The largest absolute Gasteiger partial charge is 0.474 e. The maximum absolute atomic E-state index is 5.70. The van der Waals surface area contributed by atoms with Crippen LogP contribution in [0.5, 0.6) is 5.88 Å². The number of aromatic nitrogens is 2. The first kappa shape index (κ1) is 11.7. The molecule has 0 aliphatic rings.